The minimum Gasteiger partial charge on any atom is -0.487 e. The average Bonchev–Trinajstić information content (AvgIpc) is 2.73. The van der Waals surface area contributed by atoms with E-state index in [1.807, 2.05) is 20.8 Å². The fourth-order valence-corrected chi connectivity index (χ4v) is 5.50. The monoisotopic (exact) mass is 540 g/mol. The van der Waals surface area contributed by atoms with Gasteiger partial charge >= 0.3 is 12.1 Å². The molecule has 37 heavy (non-hydrogen) atoms. The van der Waals surface area contributed by atoms with Crippen LogP contribution >= 0.6 is 0 Å². The first-order valence-electron chi connectivity index (χ1n) is 12.2. The molecule has 1 atom stereocenters. The van der Waals surface area contributed by atoms with Crippen LogP contribution in [0.3, 0.4) is 0 Å². The molecular weight excluding hydrogens is 500 g/mol. The number of hydrogen-bond donors (Lipinski definition) is 4. The van der Waals surface area contributed by atoms with Gasteiger partial charge in [0.25, 0.3) is 10.0 Å². The minimum absolute atomic E-state index is 0.128. The maximum atomic E-state index is 13.1. The number of sulfonamides is 1. The van der Waals surface area contributed by atoms with Gasteiger partial charge in [-0.15, -0.1) is 4.83 Å². The highest BCUT2D eigenvalue weighted by Gasteiger charge is 2.33. The summed E-state index contributed by atoms with van der Waals surface area (Å²) in [5, 5.41) is 11.6. The standard InChI is InChI=1S/C25H40N4O7S/c1-15-16(2)21(17(3)18-11-12-25(7,8)35-20(15)18)37(33,34)29-27-14-26-13-9-10-19(22(30)31)28-23(32)36-24(4,5)6/h14,19,29H,9-13H2,1-8H3,(H,26,27)(H,28,32)(H,30,31). The highest BCUT2D eigenvalue weighted by Crippen LogP contribution is 2.41. The summed E-state index contributed by atoms with van der Waals surface area (Å²) in [4.78, 5) is 29.9. The number of carboxylic acid groups (broad SMARTS) is 1. The topological polar surface area (TPSA) is 155 Å². The second-order valence-electron chi connectivity index (χ2n) is 10.8. The van der Waals surface area contributed by atoms with Gasteiger partial charge in [-0.1, -0.05) is 0 Å². The zero-order valence-corrected chi connectivity index (χ0v) is 23.8. The van der Waals surface area contributed by atoms with Crippen LogP contribution in [0, 0.1) is 20.8 Å². The van der Waals surface area contributed by atoms with Crippen LogP contribution in [-0.2, 0) is 26.0 Å². The Labute approximate surface area is 219 Å². The van der Waals surface area contributed by atoms with Gasteiger partial charge in [-0.25, -0.2) is 18.0 Å². The number of hydrazine groups is 1. The summed E-state index contributed by atoms with van der Waals surface area (Å²) in [5.74, 6) is -0.415. The third-order valence-corrected chi connectivity index (χ3v) is 7.59. The number of amides is 1. The summed E-state index contributed by atoms with van der Waals surface area (Å²) in [6.07, 6.45) is 2.39. The molecule has 0 radical (unpaired) electrons. The van der Waals surface area contributed by atoms with E-state index in [1.165, 1.54) is 6.34 Å². The SMILES string of the molecule is Cc1c(C)c(S(=O)(=O)NNC=NCCCC(NC(=O)OC(C)(C)C)C(=O)O)c(C)c2c1OC(C)(C)CC2. The molecular formula is C25H40N4O7S. The summed E-state index contributed by atoms with van der Waals surface area (Å²) in [7, 11) is -3.90. The summed E-state index contributed by atoms with van der Waals surface area (Å²) >= 11 is 0. The van der Waals surface area contributed by atoms with Crippen molar-refractivity contribution in [1.82, 2.24) is 15.6 Å². The molecule has 1 unspecified atom stereocenters. The number of aliphatic carboxylic acids is 1. The Hall–Kier alpha value is -2.86. The van der Waals surface area contributed by atoms with Gasteiger partial charge in [-0.05, 0) is 103 Å². The Morgan fingerprint density at radius 3 is 2.43 bits per heavy atom. The van der Waals surface area contributed by atoms with E-state index in [0.29, 0.717) is 17.5 Å². The van der Waals surface area contributed by atoms with Gasteiger partial charge in [0.2, 0.25) is 0 Å². The lowest BCUT2D eigenvalue weighted by Gasteiger charge is -2.35. The molecule has 0 spiro atoms. The van der Waals surface area contributed by atoms with E-state index >= 15 is 0 Å². The molecule has 1 aliphatic heterocycles. The predicted molar refractivity (Wildman–Crippen MR) is 141 cm³/mol. The number of carboxylic acids is 1. The second kappa shape index (κ2) is 11.7. The van der Waals surface area contributed by atoms with Crippen molar-refractivity contribution in [2.24, 2.45) is 4.99 Å². The molecule has 0 bridgehead atoms. The quantitative estimate of drug-likeness (QED) is 0.152. The van der Waals surface area contributed by atoms with Crippen molar-refractivity contribution in [3.8, 4) is 5.75 Å². The molecule has 1 aliphatic rings. The molecule has 0 aromatic heterocycles. The molecule has 0 saturated carbocycles. The highest BCUT2D eigenvalue weighted by atomic mass is 32.2. The van der Waals surface area contributed by atoms with Gasteiger partial charge in [-0.2, -0.15) is 0 Å². The molecule has 208 valence electrons. The van der Waals surface area contributed by atoms with E-state index in [-0.39, 0.29) is 23.5 Å². The molecule has 1 aromatic carbocycles. The zero-order valence-electron chi connectivity index (χ0n) is 22.9. The van der Waals surface area contributed by atoms with Gasteiger partial charge in [0.1, 0.15) is 23.0 Å². The van der Waals surface area contributed by atoms with E-state index < -0.39 is 33.7 Å². The first-order valence-corrected chi connectivity index (χ1v) is 13.7. The Morgan fingerprint density at radius 2 is 1.84 bits per heavy atom. The van der Waals surface area contributed by atoms with Gasteiger partial charge in [0, 0.05) is 6.54 Å². The maximum absolute atomic E-state index is 13.1. The molecule has 2 rings (SSSR count). The van der Waals surface area contributed by atoms with Crippen LogP contribution in [0.4, 0.5) is 4.79 Å². The van der Waals surface area contributed by atoms with E-state index in [2.05, 4.69) is 20.6 Å². The fourth-order valence-electron chi connectivity index (χ4n) is 4.11. The van der Waals surface area contributed by atoms with Gasteiger partial charge < -0.3 is 19.9 Å². The van der Waals surface area contributed by atoms with Crippen LogP contribution in [0.25, 0.3) is 0 Å². The number of fused-ring (bicyclic) bond motifs is 1. The lowest BCUT2D eigenvalue weighted by molar-refractivity contribution is -0.139. The van der Waals surface area contributed by atoms with Crippen molar-refractivity contribution in [2.75, 3.05) is 6.54 Å². The van der Waals surface area contributed by atoms with Gasteiger partial charge in [-0.3, -0.25) is 10.4 Å². The average molecular weight is 541 g/mol. The van der Waals surface area contributed by atoms with E-state index in [4.69, 9.17) is 9.47 Å². The largest absolute Gasteiger partial charge is 0.487 e. The third-order valence-electron chi connectivity index (χ3n) is 6.05. The smallest absolute Gasteiger partial charge is 0.408 e. The Bertz CT molecular complexity index is 1150. The van der Waals surface area contributed by atoms with Crippen molar-refractivity contribution < 1.29 is 32.6 Å². The number of rotatable bonds is 10. The molecule has 1 amide bonds. The lowest BCUT2D eigenvalue weighted by Crippen LogP contribution is -2.43. The van der Waals surface area contributed by atoms with E-state index in [0.717, 1.165) is 29.7 Å². The summed E-state index contributed by atoms with van der Waals surface area (Å²) < 4.78 is 37.5. The van der Waals surface area contributed by atoms with Gasteiger partial charge in [0.05, 0.1) is 11.2 Å². The number of ether oxygens (including phenoxy) is 2. The number of aliphatic imine (C=N–C) groups is 1. The number of carbonyl (C=O) groups is 2. The third kappa shape index (κ3) is 8.32. The molecule has 11 nitrogen and oxygen atoms in total. The van der Waals surface area contributed by atoms with Crippen molar-refractivity contribution in [3.63, 3.8) is 0 Å². The molecule has 4 N–H and O–H groups in total. The minimum atomic E-state index is -3.90. The number of hydrogen-bond acceptors (Lipinski definition) is 7. The van der Waals surface area contributed by atoms with Crippen LogP contribution in [0.1, 0.15) is 76.1 Å². The number of alkyl carbamates (subject to hydrolysis) is 1. The van der Waals surface area contributed by atoms with Crippen LogP contribution in [0.2, 0.25) is 0 Å². The second-order valence-corrected chi connectivity index (χ2v) is 12.5. The molecule has 0 saturated heterocycles. The summed E-state index contributed by atoms with van der Waals surface area (Å²) in [6.45, 7) is 14.7. The number of nitrogens with zero attached hydrogens (tertiary/aromatic N) is 1. The normalized spacial score (nSPS) is 16.0. The van der Waals surface area contributed by atoms with Crippen LogP contribution in [0.15, 0.2) is 9.89 Å². The number of nitrogens with one attached hydrogen (secondary N) is 3. The molecule has 12 heteroatoms. The van der Waals surface area contributed by atoms with E-state index in [1.54, 1.807) is 34.6 Å². The zero-order chi connectivity index (χ0) is 28.2. The summed E-state index contributed by atoms with van der Waals surface area (Å²) in [5.41, 5.74) is 4.45. The van der Waals surface area contributed by atoms with Gasteiger partial charge in [0.15, 0.2) is 0 Å². The molecule has 0 aliphatic carbocycles. The van der Waals surface area contributed by atoms with Crippen molar-refractivity contribution >= 4 is 28.4 Å². The number of benzene rings is 1. The molecule has 1 aromatic rings. The highest BCUT2D eigenvalue weighted by molar-refractivity contribution is 7.89. The van der Waals surface area contributed by atoms with Crippen LogP contribution in [-0.4, -0.2) is 55.7 Å². The first-order chi connectivity index (χ1) is 16.9. The number of carbonyl (C=O) groups excluding carboxylic acids is 1. The molecule has 1 heterocycles. The van der Waals surface area contributed by atoms with Crippen molar-refractivity contribution in [1.29, 1.82) is 0 Å². The van der Waals surface area contributed by atoms with Crippen molar-refractivity contribution in [3.05, 3.63) is 22.3 Å². The van der Waals surface area contributed by atoms with Crippen LogP contribution < -0.4 is 20.3 Å². The van der Waals surface area contributed by atoms with E-state index in [9.17, 15) is 23.1 Å². The van der Waals surface area contributed by atoms with Crippen LogP contribution in [0.5, 0.6) is 5.75 Å². The summed E-state index contributed by atoms with van der Waals surface area (Å²) in [6, 6.07) is -1.12. The Balaban J connectivity index is 1.95. The van der Waals surface area contributed by atoms with Crippen molar-refractivity contribution in [2.45, 2.75) is 103 Å². The predicted octanol–water partition coefficient (Wildman–Crippen LogP) is 3.28. The Kier molecular flexibility index (Phi) is 9.58. The lowest BCUT2D eigenvalue weighted by atomic mass is 9.88. The Morgan fingerprint density at radius 1 is 1.19 bits per heavy atom. The molecule has 0 fully saturated rings. The fraction of sp³-hybridized carbons (Fsp3) is 0.640. The maximum Gasteiger partial charge on any atom is 0.408 e. The first kappa shape index (κ1) is 30.4.